The highest BCUT2D eigenvalue weighted by Crippen LogP contribution is 2.43. The molecule has 0 radical (unpaired) electrons. The number of carbonyl (C=O) groups is 1. The molecule has 1 aliphatic rings. The fourth-order valence-corrected chi connectivity index (χ4v) is 2.94. The topological polar surface area (TPSA) is 68.0 Å². The van der Waals surface area contributed by atoms with Crippen molar-refractivity contribution < 1.29 is 9.90 Å². The second-order valence-electron chi connectivity index (χ2n) is 5.93. The summed E-state index contributed by atoms with van der Waals surface area (Å²) in [6.07, 6.45) is 2.82. The van der Waals surface area contributed by atoms with E-state index in [9.17, 15) is 9.90 Å². The van der Waals surface area contributed by atoms with Gasteiger partial charge in [0.15, 0.2) is 5.65 Å². The SMILES string of the molecule is CCc1cc(C(=O)O)c2c(C3CC3)nn(-c3ccccc3)c2n1. The van der Waals surface area contributed by atoms with Crippen molar-refractivity contribution in [3.63, 3.8) is 0 Å². The fourth-order valence-electron chi connectivity index (χ4n) is 2.94. The van der Waals surface area contributed by atoms with E-state index < -0.39 is 5.97 Å². The van der Waals surface area contributed by atoms with E-state index in [0.717, 1.165) is 29.9 Å². The molecule has 1 N–H and O–H groups in total. The first-order valence-electron chi connectivity index (χ1n) is 7.90. The van der Waals surface area contributed by atoms with Crippen LogP contribution >= 0.6 is 0 Å². The number of aryl methyl sites for hydroxylation is 1. The number of aromatic nitrogens is 3. The van der Waals surface area contributed by atoms with Gasteiger partial charge < -0.3 is 5.11 Å². The minimum Gasteiger partial charge on any atom is -0.478 e. The molecule has 0 saturated heterocycles. The van der Waals surface area contributed by atoms with Crippen molar-refractivity contribution >= 4 is 17.0 Å². The molecule has 1 aliphatic carbocycles. The number of aromatic carboxylic acids is 1. The number of rotatable bonds is 4. The molecule has 23 heavy (non-hydrogen) atoms. The Balaban J connectivity index is 2.08. The number of benzene rings is 1. The first kappa shape index (κ1) is 13.9. The van der Waals surface area contributed by atoms with Crippen LogP contribution in [-0.4, -0.2) is 25.8 Å². The van der Waals surface area contributed by atoms with E-state index in [-0.39, 0.29) is 0 Å². The molecule has 0 atom stereocenters. The van der Waals surface area contributed by atoms with E-state index in [1.807, 2.05) is 37.3 Å². The van der Waals surface area contributed by atoms with Gasteiger partial charge in [-0.1, -0.05) is 25.1 Å². The van der Waals surface area contributed by atoms with E-state index in [0.29, 0.717) is 28.9 Å². The van der Waals surface area contributed by atoms with Crippen LogP contribution in [0.15, 0.2) is 36.4 Å². The van der Waals surface area contributed by atoms with Crippen LogP contribution in [-0.2, 0) is 6.42 Å². The largest absolute Gasteiger partial charge is 0.478 e. The Bertz CT molecular complexity index is 896. The zero-order valence-corrected chi connectivity index (χ0v) is 12.9. The molecule has 1 aromatic carbocycles. The van der Waals surface area contributed by atoms with Crippen molar-refractivity contribution in [2.75, 3.05) is 0 Å². The molecule has 5 heteroatoms. The molecule has 2 heterocycles. The van der Waals surface area contributed by atoms with Gasteiger partial charge in [-0.15, -0.1) is 0 Å². The van der Waals surface area contributed by atoms with Gasteiger partial charge in [0.1, 0.15) is 0 Å². The maximum Gasteiger partial charge on any atom is 0.336 e. The Morgan fingerprint density at radius 3 is 2.65 bits per heavy atom. The van der Waals surface area contributed by atoms with Crippen LogP contribution in [0.2, 0.25) is 0 Å². The number of nitrogens with zero attached hydrogens (tertiary/aromatic N) is 3. The minimum absolute atomic E-state index is 0.316. The van der Waals surface area contributed by atoms with E-state index in [2.05, 4.69) is 4.98 Å². The molecule has 3 aromatic rings. The maximum absolute atomic E-state index is 11.8. The van der Waals surface area contributed by atoms with Gasteiger partial charge in [0.05, 0.1) is 22.3 Å². The predicted octanol–water partition coefficient (Wildman–Crippen LogP) is 3.56. The maximum atomic E-state index is 11.8. The minimum atomic E-state index is -0.915. The van der Waals surface area contributed by atoms with Crippen molar-refractivity contribution in [2.24, 2.45) is 0 Å². The summed E-state index contributed by atoms with van der Waals surface area (Å²) >= 11 is 0. The Hall–Kier alpha value is -2.69. The normalized spacial score (nSPS) is 14.3. The van der Waals surface area contributed by atoms with Crippen LogP contribution in [0.1, 0.15) is 47.4 Å². The third kappa shape index (κ3) is 2.29. The summed E-state index contributed by atoms with van der Waals surface area (Å²) in [5, 5.41) is 15.1. The molecule has 0 bridgehead atoms. The van der Waals surface area contributed by atoms with Crippen molar-refractivity contribution in [3.8, 4) is 5.69 Å². The molecule has 0 aliphatic heterocycles. The number of para-hydroxylation sites is 1. The number of hydrogen-bond acceptors (Lipinski definition) is 3. The van der Waals surface area contributed by atoms with Gasteiger partial charge in [-0.2, -0.15) is 5.10 Å². The monoisotopic (exact) mass is 307 g/mol. The van der Waals surface area contributed by atoms with E-state index in [1.165, 1.54) is 0 Å². The van der Waals surface area contributed by atoms with E-state index >= 15 is 0 Å². The lowest BCUT2D eigenvalue weighted by atomic mass is 10.1. The summed E-state index contributed by atoms with van der Waals surface area (Å²) in [6.45, 7) is 1.98. The fraction of sp³-hybridized carbons (Fsp3) is 0.278. The van der Waals surface area contributed by atoms with Crippen LogP contribution in [0.5, 0.6) is 0 Å². The average Bonchev–Trinajstić information content (AvgIpc) is 3.35. The highest BCUT2D eigenvalue weighted by Gasteiger charge is 2.32. The highest BCUT2D eigenvalue weighted by atomic mass is 16.4. The molecule has 0 spiro atoms. The molecule has 4 rings (SSSR count). The van der Waals surface area contributed by atoms with Gasteiger partial charge in [0.2, 0.25) is 0 Å². The van der Waals surface area contributed by atoms with Gasteiger partial charge >= 0.3 is 5.97 Å². The van der Waals surface area contributed by atoms with Crippen LogP contribution < -0.4 is 0 Å². The highest BCUT2D eigenvalue weighted by molar-refractivity contribution is 6.03. The van der Waals surface area contributed by atoms with Gasteiger partial charge in [-0.3, -0.25) is 0 Å². The summed E-state index contributed by atoms with van der Waals surface area (Å²) in [5.74, 6) is -0.559. The van der Waals surface area contributed by atoms with Crippen molar-refractivity contribution in [1.82, 2.24) is 14.8 Å². The Morgan fingerprint density at radius 2 is 2.04 bits per heavy atom. The number of carboxylic acids is 1. The molecule has 5 nitrogen and oxygen atoms in total. The first-order chi connectivity index (χ1) is 11.2. The van der Waals surface area contributed by atoms with Gasteiger partial charge in [0, 0.05) is 11.6 Å². The molecule has 2 aromatic heterocycles. The lowest BCUT2D eigenvalue weighted by molar-refractivity contribution is 0.0698. The predicted molar refractivity (Wildman–Crippen MR) is 87.2 cm³/mol. The molecule has 0 amide bonds. The van der Waals surface area contributed by atoms with Crippen LogP contribution in [0.25, 0.3) is 16.7 Å². The smallest absolute Gasteiger partial charge is 0.336 e. The van der Waals surface area contributed by atoms with Gasteiger partial charge in [0.25, 0.3) is 0 Å². The molecule has 1 saturated carbocycles. The number of fused-ring (bicyclic) bond motifs is 1. The van der Waals surface area contributed by atoms with Crippen molar-refractivity contribution in [2.45, 2.75) is 32.1 Å². The second kappa shape index (κ2) is 5.19. The van der Waals surface area contributed by atoms with E-state index in [1.54, 1.807) is 10.7 Å². The van der Waals surface area contributed by atoms with Gasteiger partial charge in [-0.05, 0) is 37.5 Å². The molecular weight excluding hydrogens is 290 g/mol. The molecule has 116 valence electrons. The van der Waals surface area contributed by atoms with Crippen LogP contribution in [0, 0.1) is 0 Å². The first-order valence-corrected chi connectivity index (χ1v) is 7.90. The Labute approximate surface area is 133 Å². The zero-order chi connectivity index (χ0) is 16.0. The summed E-state index contributed by atoms with van der Waals surface area (Å²) in [5.41, 5.74) is 3.51. The van der Waals surface area contributed by atoms with E-state index in [4.69, 9.17) is 5.10 Å². The summed E-state index contributed by atoms with van der Waals surface area (Å²) < 4.78 is 1.79. The van der Waals surface area contributed by atoms with Crippen molar-refractivity contribution in [3.05, 3.63) is 53.3 Å². The number of pyridine rings is 1. The van der Waals surface area contributed by atoms with Crippen molar-refractivity contribution in [1.29, 1.82) is 0 Å². The standard InChI is InChI=1S/C18H17N3O2/c1-2-12-10-14(18(22)23)15-16(11-8-9-11)20-21(17(15)19-12)13-6-4-3-5-7-13/h3-7,10-11H,2,8-9H2,1H3,(H,22,23). The number of hydrogen-bond donors (Lipinski definition) is 1. The quantitative estimate of drug-likeness (QED) is 0.800. The molecular formula is C18H17N3O2. The summed E-state index contributed by atoms with van der Waals surface area (Å²) in [7, 11) is 0. The van der Waals surface area contributed by atoms with Crippen LogP contribution in [0.3, 0.4) is 0 Å². The average molecular weight is 307 g/mol. The third-order valence-corrected chi connectivity index (χ3v) is 4.28. The molecule has 1 fully saturated rings. The second-order valence-corrected chi connectivity index (χ2v) is 5.93. The Kier molecular flexibility index (Phi) is 3.15. The Morgan fingerprint density at radius 1 is 1.30 bits per heavy atom. The number of carboxylic acid groups (broad SMARTS) is 1. The summed E-state index contributed by atoms with van der Waals surface area (Å²) in [4.78, 5) is 16.4. The summed E-state index contributed by atoms with van der Waals surface area (Å²) in [6, 6.07) is 11.5. The zero-order valence-electron chi connectivity index (χ0n) is 12.9. The lowest BCUT2D eigenvalue weighted by Crippen LogP contribution is -2.03. The molecule has 0 unspecified atom stereocenters. The lowest BCUT2D eigenvalue weighted by Gasteiger charge is -2.05. The van der Waals surface area contributed by atoms with Gasteiger partial charge in [-0.25, -0.2) is 14.5 Å². The third-order valence-electron chi connectivity index (χ3n) is 4.28. The van der Waals surface area contributed by atoms with Crippen LogP contribution in [0.4, 0.5) is 0 Å².